The lowest BCUT2D eigenvalue weighted by Gasteiger charge is -2.26. The average Bonchev–Trinajstić information content (AvgIpc) is 3.53. The van der Waals surface area contributed by atoms with Crippen molar-refractivity contribution in [1.82, 2.24) is 4.57 Å². The Morgan fingerprint density at radius 3 is 1.46 bits per heavy atom. The van der Waals surface area contributed by atoms with Crippen LogP contribution in [0, 0.1) is 0 Å². The van der Waals surface area contributed by atoms with Crippen molar-refractivity contribution in [3.05, 3.63) is 206 Å². The van der Waals surface area contributed by atoms with Gasteiger partial charge in [0.15, 0.2) is 0 Å². The molecule has 9 aromatic rings. The lowest BCUT2D eigenvalue weighted by Crippen LogP contribution is -2.09. The number of anilines is 3. The van der Waals surface area contributed by atoms with Gasteiger partial charge in [0.05, 0.1) is 11.0 Å². The number of fused-ring (bicyclic) bond motifs is 3. The number of nitrogens with zero attached hydrogens (tertiary/aromatic N) is 2. The van der Waals surface area contributed by atoms with Crippen LogP contribution in [0.3, 0.4) is 0 Å². The number of benzene rings is 8. The van der Waals surface area contributed by atoms with Gasteiger partial charge in [-0.2, -0.15) is 0 Å². The van der Waals surface area contributed by atoms with Crippen LogP contribution in [0.25, 0.3) is 60.9 Å². The quantitative estimate of drug-likeness (QED) is 0.169. The van der Waals surface area contributed by atoms with E-state index in [4.69, 9.17) is 0 Å². The number of para-hydroxylation sites is 3. The lowest BCUT2D eigenvalue weighted by atomic mass is 9.95. The fourth-order valence-corrected chi connectivity index (χ4v) is 7.23. The molecule has 0 aliphatic heterocycles. The molecule has 50 heavy (non-hydrogen) atoms. The molecule has 0 radical (unpaired) electrons. The molecule has 8 aromatic carbocycles. The van der Waals surface area contributed by atoms with E-state index in [-0.39, 0.29) is 0 Å². The van der Waals surface area contributed by atoms with Gasteiger partial charge in [-0.1, -0.05) is 133 Å². The van der Waals surface area contributed by atoms with Crippen molar-refractivity contribution >= 4 is 38.9 Å². The average molecular weight is 639 g/mol. The first-order valence-electron chi connectivity index (χ1n) is 17.1. The van der Waals surface area contributed by atoms with Crippen LogP contribution in [0.4, 0.5) is 17.1 Å². The highest BCUT2D eigenvalue weighted by molar-refractivity contribution is 6.16. The molecule has 1 aromatic heterocycles. The van der Waals surface area contributed by atoms with Crippen LogP contribution in [0.1, 0.15) is 0 Å². The summed E-state index contributed by atoms with van der Waals surface area (Å²) >= 11 is 0. The highest BCUT2D eigenvalue weighted by Crippen LogP contribution is 2.43. The van der Waals surface area contributed by atoms with Gasteiger partial charge in [0.25, 0.3) is 0 Å². The van der Waals surface area contributed by atoms with Crippen LogP contribution in [-0.2, 0) is 0 Å². The third kappa shape index (κ3) is 5.34. The second-order valence-electron chi connectivity index (χ2n) is 12.6. The minimum Gasteiger partial charge on any atom is -0.310 e. The third-order valence-corrected chi connectivity index (χ3v) is 9.53. The number of hydrogen-bond donors (Lipinski definition) is 0. The molecular weight excluding hydrogens is 605 g/mol. The SMILES string of the molecule is c1ccc(-c2cc(-c3ccccc3)c3c(c2)c2cc(-c4cccc(N(c5ccccc5)c5ccccc5)c4)ccc2n3-c2ccccc2)cc1. The van der Waals surface area contributed by atoms with Gasteiger partial charge >= 0.3 is 0 Å². The van der Waals surface area contributed by atoms with Crippen LogP contribution < -0.4 is 4.90 Å². The topological polar surface area (TPSA) is 8.17 Å². The summed E-state index contributed by atoms with van der Waals surface area (Å²) in [6.07, 6.45) is 0. The van der Waals surface area contributed by atoms with E-state index in [9.17, 15) is 0 Å². The van der Waals surface area contributed by atoms with E-state index in [1.807, 2.05) is 0 Å². The van der Waals surface area contributed by atoms with Crippen molar-refractivity contribution in [2.24, 2.45) is 0 Å². The van der Waals surface area contributed by atoms with Gasteiger partial charge < -0.3 is 9.47 Å². The van der Waals surface area contributed by atoms with Gasteiger partial charge in [0.1, 0.15) is 0 Å². The molecule has 2 heteroatoms. The van der Waals surface area contributed by atoms with Gasteiger partial charge in [-0.25, -0.2) is 0 Å². The van der Waals surface area contributed by atoms with E-state index in [1.165, 1.54) is 55.2 Å². The highest BCUT2D eigenvalue weighted by atomic mass is 15.1. The van der Waals surface area contributed by atoms with E-state index in [0.717, 1.165) is 22.7 Å². The molecule has 236 valence electrons. The van der Waals surface area contributed by atoms with Gasteiger partial charge in [-0.15, -0.1) is 0 Å². The zero-order valence-electron chi connectivity index (χ0n) is 27.5. The minimum atomic E-state index is 1.12. The molecule has 0 fully saturated rings. The maximum absolute atomic E-state index is 2.44. The van der Waals surface area contributed by atoms with Gasteiger partial charge in [0.2, 0.25) is 0 Å². The zero-order valence-corrected chi connectivity index (χ0v) is 27.5. The second-order valence-corrected chi connectivity index (χ2v) is 12.6. The fourth-order valence-electron chi connectivity index (χ4n) is 7.23. The standard InChI is InChI=1S/C48H34N2/c1-6-17-35(18-7-1)39-33-44(36-19-8-2-9-20-36)48-46(34-39)45-32-38(29-30-47(45)50(48)42-26-14-5-15-27-42)37-21-16-28-43(31-37)49(40-22-10-3-11-23-40)41-24-12-4-13-25-41/h1-34H. The summed E-state index contributed by atoms with van der Waals surface area (Å²) in [5.41, 5.74) is 14.1. The van der Waals surface area contributed by atoms with E-state index in [1.54, 1.807) is 0 Å². The molecule has 0 aliphatic rings. The molecule has 0 N–H and O–H groups in total. The lowest BCUT2D eigenvalue weighted by molar-refractivity contribution is 1.18. The smallest absolute Gasteiger partial charge is 0.0619 e. The highest BCUT2D eigenvalue weighted by Gasteiger charge is 2.20. The van der Waals surface area contributed by atoms with Crippen LogP contribution in [0.15, 0.2) is 206 Å². The molecular formula is C48H34N2. The molecule has 9 rings (SSSR count). The van der Waals surface area contributed by atoms with Crippen molar-refractivity contribution in [1.29, 1.82) is 0 Å². The Morgan fingerprint density at radius 2 is 0.820 bits per heavy atom. The molecule has 0 bridgehead atoms. The molecule has 0 amide bonds. The van der Waals surface area contributed by atoms with Gasteiger partial charge in [-0.3, -0.25) is 0 Å². The van der Waals surface area contributed by atoms with Crippen LogP contribution in [0.2, 0.25) is 0 Å². The molecule has 2 nitrogen and oxygen atoms in total. The first-order valence-corrected chi connectivity index (χ1v) is 17.1. The van der Waals surface area contributed by atoms with Crippen LogP contribution in [0.5, 0.6) is 0 Å². The Morgan fingerprint density at radius 1 is 0.320 bits per heavy atom. The molecule has 0 atom stereocenters. The van der Waals surface area contributed by atoms with Crippen molar-refractivity contribution < 1.29 is 0 Å². The minimum absolute atomic E-state index is 1.12. The van der Waals surface area contributed by atoms with Crippen molar-refractivity contribution in [3.8, 4) is 39.1 Å². The monoisotopic (exact) mass is 638 g/mol. The predicted molar refractivity (Wildman–Crippen MR) is 212 cm³/mol. The summed E-state index contributed by atoms with van der Waals surface area (Å²) in [6.45, 7) is 0. The predicted octanol–water partition coefficient (Wildman–Crippen LogP) is 13.3. The van der Waals surface area contributed by atoms with E-state index < -0.39 is 0 Å². The Labute approximate surface area is 292 Å². The number of aromatic nitrogens is 1. The molecule has 0 aliphatic carbocycles. The molecule has 0 spiro atoms. The number of rotatable bonds is 7. The maximum atomic E-state index is 2.44. The molecule has 0 unspecified atom stereocenters. The van der Waals surface area contributed by atoms with E-state index >= 15 is 0 Å². The van der Waals surface area contributed by atoms with Crippen LogP contribution in [-0.4, -0.2) is 4.57 Å². The first kappa shape index (κ1) is 29.5. The van der Waals surface area contributed by atoms with Gasteiger partial charge in [0, 0.05) is 39.1 Å². The van der Waals surface area contributed by atoms with Crippen molar-refractivity contribution in [2.75, 3.05) is 4.90 Å². The largest absolute Gasteiger partial charge is 0.310 e. The molecule has 0 saturated heterocycles. The zero-order chi connectivity index (χ0) is 33.3. The number of hydrogen-bond acceptors (Lipinski definition) is 1. The summed E-state index contributed by atoms with van der Waals surface area (Å²) in [5.74, 6) is 0. The van der Waals surface area contributed by atoms with Crippen molar-refractivity contribution in [3.63, 3.8) is 0 Å². The molecule has 1 heterocycles. The van der Waals surface area contributed by atoms with E-state index in [2.05, 4.69) is 216 Å². The maximum Gasteiger partial charge on any atom is 0.0619 e. The summed E-state index contributed by atoms with van der Waals surface area (Å²) in [4.78, 5) is 2.32. The Kier molecular flexibility index (Phi) is 7.53. The Hall–Kier alpha value is -6.64. The first-order chi connectivity index (χ1) is 24.8. The summed E-state index contributed by atoms with van der Waals surface area (Å²) in [5, 5.41) is 2.46. The van der Waals surface area contributed by atoms with Gasteiger partial charge in [-0.05, 0) is 101 Å². The Balaban J connectivity index is 1.29. The summed E-state index contributed by atoms with van der Waals surface area (Å²) in [7, 11) is 0. The van der Waals surface area contributed by atoms with E-state index in [0.29, 0.717) is 0 Å². The molecule has 0 saturated carbocycles. The normalized spacial score (nSPS) is 11.2. The summed E-state index contributed by atoms with van der Waals surface area (Å²) < 4.78 is 2.44. The third-order valence-electron chi connectivity index (χ3n) is 9.53. The summed E-state index contributed by atoms with van der Waals surface area (Å²) in [6, 6.07) is 74.0. The fraction of sp³-hybridized carbons (Fsp3) is 0. The van der Waals surface area contributed by atoms with Crippen LogP contribution >= 0.6 is 0 Å². The van der Waals surface area contributed by atoms with Crippen molar-refractivity contribution in [2.45, 2.75) is 0 Å². The Bertz CT molecular complexity index is 2520. The second kappa shape index (κ2) is 12.8.